The molecule has 0 spiro atoms. The molecule has 18 heavy (non-hydrogen) atoms. The Hall–Kier alpha value is -0.100. The summed E-state index contributed by atoms with van der Waals surface area (Å²) in [5, 5.41) is 0. The van der Waals surface area contributed by atoms with Crippen molar-refractivity contribution in [3.8, 4) is 0 Å². The summed E-state index contributed by atoms with van der Waals surface area (Å²) in [5.74, 6) is 0.899. The van der Waals surface area contributed by atoms with Gasteiger partial charge in [0, 0.05) is 18.0 Å². The van der Waals surface area contributed by atoms with Gasteiger partial charge in [-0.2, -0.15) is 4.31 Å². The SMILES string of the molecule is CCCC1CCN(S(=O)(=O)c2ccc(CCl)s2)C1. The summed E-state index contributed by atoms with van der Waals surface area (Å²) in [6.07, 6.45) is 3.22. The van der Waals surface area contributed by atoms with E-state index in [0.29, 0.717) is 29.1 Å². The van der Waals surface area contributed by atoms with Gasteiger partial charge in [0.25, 0.3) is 10.0 Å². The molecule has 0 bridgehead atoms. The van der Waals surface area contributed by atoms with Crippen molar-refractivity contribution in [2.24, 2.45) is 5.92 Å². The fourth-order valence-electron chi connectivity index (χ4n) is 2.36. The molecule has 1 aromatic heterocycles. The highest BCUT2D eigenvalue weighted by atomic mass is 35.5. The molecular weight excluding hydrogens is 290 g/mol. The summed E-state index contributed by atoms with van der Waals surface area (Å²) in [7, 11) is -3.29. The normalized spacial score (nSPS) is 21.6. The zero-order chi connectivity index (χ0) is 13.2. The highest BCUT2D eigenvalue weighted by molar-refractivity contribution is 7.91. The van der Waals surface area contributed by atoms with E-state index in [1.54, 1.807) is 16.4 Å². The molecular formula is C12H18ClNO2S2. The predicted molar refractivity (Wildman–Crippen MR) is 75.6 cm³/mol. The second kappa shape index (κ2) is 5.90. The van der Waals surface area contributed by atoms with Crippen LogP contribution >= 0.6 is 22.9 Å². The summed E-state index contributed by atoms with van der Waals surface area (Å²) < 4.78 is 26.9. The molecule has 0 aromatic carbocycles. The number of nitrogens with zero attached hydrogens (tertiary/aromatic N) is 1. The number of hydrogen-bond donors (Lipinski definition) is 0. The minimum atomic E-state index is -3.29. The second-order valence-corrected chi connectivity index (χ2v) is 8.26. The molecule has 1 atom stereocenters. The topological polar surface area (TPSA) is 37.4 Å². The zero-order valence-corrected chi connectivity index (χ0v) is 12.8. The van der Waals surface area contributed by atoms with Gasteiger partial charge in [-0.1, -0.05) is 13.3 Å². The third-order valence-electron chi connectivity index (χ3n) is 3.31. The Bertz CT molecular complexity index is 498. The van der Waals surface area contributed by atoms with Crippen LogP contribution in [-0.2, 0) is 15.9 Å². The molecule has 1 aromatic rings. The van der Waals surface area contributed by atoms with E-state index in [9.17, 15) is 8.42 Å². The van der Waals surface area contributed by atoms with Crippen LogP contribution in [0.15, 0.2) is 16.3 Å². The Morgan fingerprint density at radius 3 is 2.89 bits per heavy atom. The van der Waals surface area contributed by atoms with E-state index in [4.69, 9.17) is 11.6 Å². The van der Waals surface area contributed by atoms with E-state index < -0.39 is 10.0 Å². The minimum Gasteiger partial charge on any atom is -0.206 e. The van der Waals surface area contributed by atoms with Crippen molar-refractivity contribution in [3.63, 3.8) is 0 Å². The molecule has 1 saturated heterocycles. The smallest absolute Gasteiger partial charge is 0.206 e. The van der Waals surface area contributed by atoms with Gasteiger partial charge >= 0.3 is 0 Å². The number of alkyl halides is 1. The van der Waals surface area contributed by atoms with Crippen LogP contribution in [0.5, 0.6) is 0 Å². The van der Waals surface area contributed by atoms with E-state index in [2.05, 4.69) is 6.92 Å². The van der Waals surface area contributed by atoms with Crippen molar-refractivity contribution in [1.29, 1.82) is 0 Å². The fraction of sp³-hybridized carbons (Fsp3) is 0.667. The van der Waals surface area contributed by atoms with Crippen molar-refractivity contribution in [2.75, 3.05) is 13.1 Å². The second-order valence-electron chi connectivity index (χ2n) is 4.66. The van der Waals surface area contributed by atoms with Gasteiger partial charge in [0.1, 0.15) is 4.21 Å². The maximum Gasteiger partial charge on any atom is 0.252 e. The molecule has 0 N–H and O–H groups in total. The molecule has 1 unspecified atom stereocenters. The Morgan fingerprint density at radius 1 is 1.50 bits per heavy atom. The maximum atomic E-state index is 12.4. The third kappa shape index (κ3) is 2.90. The van der Waals surface area contributed by atoms with Gasteiger partial charge in [-0.3, -0.25) is 0 Å². The Morgan fingerprint density at radius 2 is 2.28 bits per heavy atom. The molecule has 0 saturated carbocycles. The molecule has 1 aliphatic rings. The summed E-state index contributed by atoms with van der Waals surface area (Å²) in [5.41, 5.74) is 0. The molecule has 0 amide bonds. The lowest BCUT2D eigenvalue weighted by molar-refractivity contribution is 0.446. The van der Waals surface area contributed by atoms with Crippen LogP contribution in [0.3, 0.4) is 0 Å². The first kappa shape index (κ1) is 14.3. The van der Waals surface area contributed by atoms with Crippen LogP contribution in [0.2, 0.25) is 0 Å². The van der Waals surface area contributed by atoms with Crippen molar-refractivity contribution in [3.05, 3.63) is 17.0 Å². The van der Waals surface area contributed by atoms with Crippen molar-refractivity contribution in [1.82, 2.24) is 4.31 Å². The average molecular weight is 308 g/mol. The molecule has 2 heterocycles. The number of halogens is 1. The lowest BCUT2D eigenvalue weighted by Crippen LogP contribution is -2.28. The van der Waals surface area contributed by atoms with Crippen LogP contribution in [-0.4, -0.2) is 25.8 Å². The summed E-state index contributed by atoms with van der Waals surface area (Å²) in [6.45, 7) is 3.47. The number of sulfonamides is 1. The highest BCUT2D eigenvalue weighted by Gasteiger charge is 2.32. The standard InChI is InChI=1S/C12H18ClNO2S2/c1-2-3-10-6-7-14(9-10)18(15,16)12-5-4-11(8-13)17-12/h4-5,10H,2-3,6-9H2,1H3. The van der Waals surface area contributed by atoms with Gasteiger partial charge in [0.05, 0.1) is 5.88 Å². The highest BCUT2D eigenvalue weighted by Crippen LogP contribution is 2.30. The molecule has 0 radical (unpaired) electrons. The Labute approximate surface area is 118 Å². The summed E-state index contributed by atoms with van der Waals surface area (Å²) >= 11 is 7.00. The molecule has 102 valence electrons. The van der Waals surface area contributed by atoms with Crippen molar-refractivity contribution < 1.29 is 8.42 Å². The summed E-state index contributed by atoms with van der Waals surface area (Å²) in [6, 6.07) is 3.47. The van der Waals surface area contributed by atoms with E-state index in [-0.39, 0.29) is 0 Å². The van der Waals surface area contributed by atoms with Crippen LogP contribution in [0.25, 0.3) is 0 Å². The third-order valence-corrected chi connectivity index (χ3v) is 7.17. The predicted octanol–water partition coefficient (Wildman–Crippen LogP) is 3.30. The van der Waals surface area contributed by atoms with E-state index in [1.165, 1.54) is 11.3 Å². The first-order valence-corrected chi connectivity index (χ1v) is 9.02. The maximum absolute atomic E-state index is 12.4. The Kier molecular flexibility index (Phi) is 4.69. The van der Waals surface area contributed by atoms with Crippen LogP contribution in [0, 0.1) is 5.92 Å². The van der Waals surface area contributed by atoms with Gasteiger partial charge in [-0.05, 0) is 30.9 Å². The van der Waals surface area contributed by atoms with E-state index in [0.717, 1.165) is 24.1 Å². The van der Waals surface area contributed by atoms with Gasteiger partial charge in [0.15, 0.2) is 0 Å². The summed E-state index contributed by atoms with van der Waals surface area (Å²) in [4.78, 5) is 0.902. The quantitative estimate of drug-likeness (QED) is 0.783. The van der Waals surface area contributed by atoms with Crippen LogP contribution in [0.1, 0.15) is 31.1 Å². The first-order chi connectivity index (χ1) is 8.57. The lowest BCUT2D eigenvalue weighted by atomic mass is 10.0. The molecule has 1 fully saturated rings. The molecule has 6 heteroatoms. The number of rotatable bonds is 5. The molecule has 0 aliphatic carbocycles. The van der Waals surface area contributed by atoms with Gasteiger partial charge in [0.2, 0.25) is 0 Å². The lowest BCUT2D eigenvalue weighted by Gasteiger charge is -2.15. The monoisotopic (exact) mass is 307 g/mol. The van der Waals surface area contributed by atoms with E-state index >= 15 is 0 Å². The largest absolute Gasteiger partial charge is 0.252 e. The number of thiophene rings is 1. The van der Waals surface area contributed by atoms with Gasteiger partial charge in [-0.15, -0.1) is 22.9 Å². The van der Waals surface area contributed by atoms with Crippen LogP contribution < -0.4 is 0 Å². The molecule has 2 rings (SSSR count). The zero-order valence-electron chi connectivity index (χ0n) is 10.4. The van der Waals surface area contributed by atoms with Gasteiger partial charge < -0.3 is 0 Å². The van der Waals surface area contributed by atoms with E-state index in [1.807, 2.05) is 0 Å². The fourth-order valence-corrected chi connectivity index (χ4v) is 5.50. The van der Waals surface area contributed by atoms with Crippen molar-refractivity contribution in [2.45, 2.75) is 36.3 Å². The molecule has 3 nitrogen and oxygen atoms in total. The average Bonchev–Trinajstić information content (AvgIpc) is 2.98. The van der Waals surface area contributed by atoms with Crippen molar-refractivity contribution >= 4 is 33.0 Å². The van der Waals surface area contributed by atoms with Crippen LogP contribution in [0.4, 0.5) is 0 Å². The molecule has 1 aliphatic heterocycles. The number of hydrogen-bond acceptors (Lipinski definition) is 3. The van der Waals surface area contributed by atoms with Gasteiger partial charge in [-0.25, -0.2) is 8.42 Å². The Balaban J connectivity index is 2.12. The first-order valence-electron chi connectivity index (χ1n) is 6.22. The minimum absolute atomic E-state index is 0.374.